The SMILES string of the molecule is O=S(O)(O)=S.O=S(O)(O)=S.[Ag]. The van der Waals surface area contributed by atoms with Crippen LogP contribution in [0.15, 0.2) is 0 Å². The van der Waals surface area contributed by atoms with Crippen molar-refractivity contribution in [3.05, 3.63) is 0 Å². The van der Waals surface area contributed by atoms with Crippen molar-refractivity contribution in [2.24, 2.45) is 0 Å². The third-order valence-corrected chi connectivity index (χ3v) is 0. The quantitative estimate of drug-likeness (QED) is 0.432. The van der Waals surface area contributed by atoms with Crippen LogP contribution in [0.3, 0.4) is 0 Å². The van der Waals surface area contributed by atoms with Gasteiger partial charge in [-0.1, -0.05) is 0 Å². The molecule has 0 aromatic carbocycles. The van der Waals surface area contributed by atoms with Crippen LogP contribution in [0.2, 0.25) is 0 Å². The van der Waals surface area contributed by atoms with E-state index < -0.39 is 18.1 Å². The van der Waals surface area contributed by atoms with E-state index in [2.05, 4.69) is 22.4 Å². The van der Waals surface area contributed by atoms with Crippen molar-refractivity contribution < 1.29 is 49.0 Å². The second-order valence-electron chi connectivity index (χ2n) is 0.896. The molecule has 0 aliphatic heterocycles. The second-order valence-corrected chi connectivity index (χ2v) is 5.29. The maximum atomic E-state index is 9.11. The van der Waals surface area contributed by atoms with Gasteiger partial charge in [0.05, 0.1) is 0 Å². The molecule has 1 radical (unpaired) electrons. The van der Waals surface area contributed by atoms with Crippen LogP contribution in [0.4, 0.5) is 0 Å². The van der Waals surface area contributed by atoms with E-state index in [1.807, 2.05) is 0 Å². The van der Waals surface area contributed by atoms with Gasteiger partial charge in [-0.25, -0.2) is 0 Å². The molecule has 0 fully saturated rings. The summed E-state index contributed by atoms with van der Waals surface area (Å²) in [5, 5.41) is 0. The first-order valence-electron chi connectivity index (χ1n) is 1.40. The van der Waals surface area contributed by atoms with Gasteiger partial charge in [-0.3, -0.25) is 18.2 Å². The second kappa shape index (κ2) is 6.80. The van der Waals surface area contributed by atoms with Gasteiger partial charge in [0.15, 0.2) is 0 Å². The van der Waals surface area contributed by atoms with Crippen molar-refractivity contribution in [3.8, 4) is 0 Å². The minimum atomic E-state index is -3.83. The molecule has 6 nitrogen and oxygen atoms in total. The first-order valence-corrected chi connectivity index (χ1v) is 6.19. The fraction of sp³-hybridized carbons (Fsp3) is 0. The summed E-state index contributed by atoms with van der Waals surface area (Å²) < 4.78 is 47.9. The summed E-state index contributed by atoms with van der Waals surface area (Å²) in [7, 11) is -7.67. The summed E-state index contributed by atoms with van der Waals surface area (Å²) in [6.45, 7) is 0. The van der Waals surface area contributed by atoms with E-state index in [-0.39, 0.29) is 22.4 Å². The summed E-state index contributed by atoms with van der Waals surface area (Å²) in [5.41, 5.74) is 0. The molecule has 75 valence electrons. The molecule has 0 aromatic rings. The van der Waals surface area contributed by atoms with Gasteiger partial charge in [0.25, 0.3) is 18.1 Å². The molecule has 0 heterocycles. The van der Waals surface area contributed by atoms with E-state index in [0.29, 0.717) is 0 Å². The summed E-state index contributed by atoms with van der Waals surface area (Å²) in [4.78, 5) is 0. The summed E-state index contributed by atoms with van der Waals surface area (Å²) in [5.74, 6) is 0. The molecule has 4 N–H and O–H groups in total. The minimum absolute atomic E-state index is 0. The topological polar surface area (TPSA) is 115 Å². The Kier molecular flexibility index (Phi) is 11.2. The van der Waals surface area contributed by atoms with Crippen molar-refractivity contribution in [1.29, 1.82) is 0 Å². The fourth-order valence-electron chi connectivity index (χ4n) is 0. The Morgan fingerprint density at radius 3 is 0.818 bits per heavy atom. The molecule has 0 aliphatic carbocycles. The first kappa shape index (κ1) is 18.2. The predicted octanol–water partition coefficient (Wildman–Crippen LogP) is -0.645. The standard InChI is InChI=1S/Ag.2H2O3S2/c;2*1-5(2,3)4/h;2*(H2,1,2,3,4). The Morgan fingerprint density at radius 2 is 0.818 bits per heavy atom. The van der Waals surface area contributed by atoms with Crippen LogP contribution in [-0.2, 0) is 62.9 Å². The Bertz CT molecular complexity index is 211. The Balaban J connectivity index is -0.000000107. The predicted molar refractivity (Wildman–Crippen MR) is 41.5 cm³/mol. The summed E-state index contributed by atoms with van der Waals surface area (Å²) in [6, 6.07) is 0. The molecular weight excluding hydrogens is 332 g/mol. The van der Waals surface area contributed by atoms with E-state index in [4.69, 9.17) is 26.6 Å². The molecule has 0 saturated carbocycles. The zero-order valence-corrected chi connectivity index (χ0v) is 9.29. The number of rotatable bonds is 0. The first-order chi connectivity index (χ1) is 4.00. The maximum absolute atomic E-state index is 9.11. The van der Waals surface area contributed by atoms with E-state index in [0.717, 1.165) is 0 Å². The van der Waals surface area contributed by atoms with Crippen LogP contribution in [0.25, 0.3) is 0 Å². The molecule has 0 atom stereocenters. The van der Waals surface area contributed by atoms with Gasteiger partial charge in [0.2, 0.25) is 0 Å². The monoisotopic (exact) mass is 335 g/mol. The average Bonchev–Trinajstić information content (AvgIpc) is 1.12. The molecule has 0 unspecified atom stereocenters. The van der Waals surface area contributed by atoms with Gasteiger partial charge < -0.3 is 0 Å². The van der Waals surface area contributed by atoms with Crippen LogP contribution >= 0.6 is 0 Å². The molecule has 0 spiro atoms. The van der Waals surface area contributed by atoms with Gasteiger partial charge in [-0.2, -0.15) is 8.42 Å². The molecule has 0 amide bonds. The zero-order chi connectivity index (χ0) is 9.00. The van der Waals surface area contributed by atoms with E-state index in [1.165, 1.54) is 0 Å². The molecule has 0 rings (SSSR count). The third-order valence-electron chi connectivity index (χ3n) is 0. The molecule has 11 heavy (non-hydrogen) atoms. The number of hydrogen-bond acceptors (Lipinski definition) is 4. The van der Waals surface area contributed by atoms with Crippen molar-refractivity contribution in [1.82, 2.24) is 0 Å². The largest absolute Gasteiger partial charge is 0.285 e. The summed E-state index contributed by atoms with van der Waals surface area (Å²) >= 11 is 6.93. The molecule has 0 bridgehead atoms. The van der Waals surface area contributed by atoms with Gasteiger partial charge in [0, 0.05) is 44.8 Å². The maximum Gasteiger partial charge on any atom is 0.263 e. The van der Waals surface area contributed by atoms with E-state index in [9.17, 15) is 0 Å². The normalized spacial score (nSPS) is 10.5. The van der Waals surface area contributed by atoms with E-state index >= 15 is 0 Å². The van der Waals surface area contributed by atoms with Crippen LogP contribution in [0, 0.1) is 0 Å². The van der Waals surface area contributed by atoms with Gasteiger partial charge in [-0.15, -0.1) is 0 Å². The Hall–Kier alpha value is 1.32. The van der Waals surface area contributed by atoms with Crippen molar-refractivity contribution in [3.63, 3.8) is 0 Å². The molecule has 0 aromatic heterocycles. The van der Waals surface area contributed by atoms with Crippen molar-refractivity contribution in [2.75, 3.05) is 0 Å². The minimum Gasteiger partial charge on any atom is -0.285 e. The fourth-order valence-corrected chi connectivity index (χ4v) is 0. The molecule has 0 aliphatic rings. The van der Waals surface area contributed by atoms with E-state index in [1.54, 1.807) is 0 Å². The van der Waals surface area contributed by atoms with Crippen LogP contribution in [0.5, 0.6) is 0 Å². The van der Waals surface area contributed by atoms with Gasteiger partial charge >= 0.3 is 0 Å². The Labute approximate surface area is 88.9 Å². The average molecular weight is 336 g/mol. The zero-order valence-electron chi connectivity index (χ0n) is 4.54. The van der Waals surface area contributed by atoms with Gasteiger partial charge in [0.1, 0.15) is 0 Å². The Morgan fingerprint density at radius 1 is 0.818 bits per heavy atom. The third kappa shape index (κ3) is 564. The van der Waals surface area contributed by atoms with Crippen LogP contribution in [-0.4, -0.2) is 26.6 Å². The van der Waals surface area contributed by atoms with Crippen molar-refractivity contribution in [2.45, 2.75) is 0 Å². The molecular formula is H4AgO6S4. The van der Waals surface area contributed by atoms with Gasteiger partial charge in [-0.05, 0) is 0 Å². The molecule has 11 heteroatoms. The van der Waals surface area contributed by atoms with Crippen LogP contribution < -0.4 is 0 Å². The smallest absolute Gasteiger partial charge is 0.263 e. The summed E-state index contributed by atoms with van der Waals surface area (Å²) in [6.07, 6.45) is 0. The number of hydrogen-bond donors (Lipinski definition) is 4. The van der Waals surface area contributed by atoms with Crippen molar-refractivity contribution >= 4 is 40.5 Å². The molecule has 0 saturated heterocycles. The van der Waals surface area contributed by atoms with Crippen LogP contribution in [0.1, 0.15) is 0 Å².